The van der Waals surface area contributed by atoms with E-state index in [4.69, 9.17) is 22.1 Å². The summed E-state index contributed by atoms with van der Waals surface area (Å²) in [5.41, 5.74) is 5.51. The average molecular weight is 337 g/mol. The van der Waals surface area contributed by atoms with E-state index >= 15 is 0 Å². The number of benzene rings is 1. The minimum absolute atomic E-state index is 0.0846. The molecule has 5 nitrogen and oxygen atoms in total. The monoisotopic (exact) mass is 336 g/mol. The highest BCUT2D eigenvalue weighted by Gasteiger charge is 2.33. The molecule has 1 aliphatic heterocycles. The molecule has 0 aromatic heterocycles. The molecule has 21 heavy (non-hydrogen) atoms. The summed E-state index contributed by atoms with van der Waals surface area (Å²) >= 11 is 5.87. The van der Waals surface area contributed by atoms with Gasteiger partial charge in [-0.3, -0.25) is 0 Å². The van der Waals surface area contributed by atoms with Crippen LogP contribution in [0, 0.1) is 5.82 Å². The molecule has 0 bridgehead atoms. The number of sulfonamides is 1. The third-order valence-corrected chi connectivity index (χ3v) is 5.67. The predicted molar refractivity (Wildman–Crippen MR) is 78.1 cm³/mol. The number of rotatable bonds is 4. The summed E-state index contributed by atoms with van der Waals surface area (Å²) in [5.74, 6) is -0.832. The van der Waals surface area contributed by atoms with Crippen LogP contribution in [0.15, 0.2) is 17.0 Å². The van der Waals surface area contributed by atoms with Crippen LogP contribution in [0.2, 0.25) is 5.02 Å². The Kier molecular flexibility index (Phi) is 5.21. The number of ether oxygens (including phenoxy) is 1. The molecule has 1 unspecified atom stereocenters. The Labute approximate surface area is 128 Å². The van der Waals surface area contributed by atoms with Crippen LogP contribution in [0.5, 0.6) is 0 Å². The summed E-state index contributed by atoms with van der Waals surface area (Å²) < 4.78 is 46.0. The molecule has 1 aromatic rings. The first-order chi connectivity index (χ1) is 9.90. The smallest absolute Gasteiger partial charge is 0.246 e. The quantitative estimate of drug-likeness (QED) is 0.909. The van der Waals surface area contributed by atoms with Crippen molar-refractivity contribution in [3.63, 3.8) is 0 Å². The number of nitrogens with zero attached hydrogens (tertiary/aromatic N) is 1. The highest BCUT2D eigenvalue weighted by atomic mass is 35.5. The van der Waals surface area contributed by atoms with E-state index in [1.807, 2.05) is 0 Å². The zero-order chi connectivity index (χ0) is 15.6. The third kappa shape index (κ3) is 3.37. The molecule has 0 spiro atoms. The first-order valence-corrected chi connectivity index (χ1v) is 8.43. The van der Waals surface area contributed by atoms with Crippen molar-refractivity contribution in [1.29, 1.82) is 0 Å². The van der Waals surface area contributed by atoms with Gasteiger partial charge in [-0.25, -0.2) is 12.8 Å². The van der Waals surface area contributed by atoms with Gasteiger partial charge in [0.05, 0.1) is 6.10 Å². The van der Waals surface area contributed by atoms with Crippen LogP contribution in [0.4, 0.5) is 4.39 Å². The molecule has 2 N–H and O–H groups in total. The van der Waals surface area contributed by atoms with Crippen LogP contribution >= 0.6 is 11.6 Å². The molecule has 1 aliphatic rings. The number of halogens is 2. The minimum atomic E-state index is -3.95. The maximum Gasteiger partial charge on any atom is 0.246 e. The van der Waals surface area contributed by atoms with Crippen molar-refractivity contribution >= 4 is 21.6 Å². The second-order valence-corrected chi connectivity index (χ2v) is 7.29. The lowest BCUT2D eigenvalue weighted by Crippen LogP contribution is -2.43. The molecule has 8 heteroatoms. The molecule has 0 saturated carbocycles. The van der Waals surface area contributed by atoms with Crippen LogP contribution in [-0.4, -0.2) is 39.0 Å². The third-order valence-electron chi connectivity index (χ3n) is 3.59. The Morgan fingerprint density at radius 2 is 2.24 bits per heavy atom. The van der Waals surface area contributed by atoms with E-state index in [0.717, 1.165) is 12.5 Å². The van der Waals surface area contributed by atoms with Crippen LogP contribution < -0.4 is 5.73 Å². The van der Waals surface area contributed by atoms with Gasteiger partial charge in [0.15, 0.2) is 0 Å². The molecule has 1 saturated heterocycles. The molecule has 1 heterocycles. The van der Waals surface area contributed by atoms with Crippen molar-refractivity contribution in [2.75, 3.05) is 20.2 Å². The van der Waals surface area contributed by atoms with Gasteiger partial charge in [-0.2, -0.15) is 4.31 Å². The lowest BCUT2D eigenvalue weighted by Gasteiger charge is -2.31. The maximum atomic E-state index is 14.3. The normalized spacial score (nSPS) is 20.7. The van der Waals surface area contributed by atoms with E-state index in [1.165, 1.54) is 17.5 Å². The van der Waals surface area contributed by atoms with Gasteiger partial charge in [0.2, 0.25) is 10.0 Å². The first kappa shape index (κ1) is 16.6. The van der Waals surface area contributed by atoms with Crippen LogP contribution in [0.25, 0.3) is 0 Å². The molecule has 118 valence electrons. The van der Waals surface area contributed by atoms with Gasteiger partial charge in [0, 0.05) is 37.3 Å². The summed E-state index contributed by atoms with van der Waals surface area (Å²) in [4.78, 5) is -0.424. The number of hydrogen-bond donors (Lipinski definition) is 1. The molecular weight excluding hydrogens is 319 g/mol. The van der Waals surface area contributed by atoms with E-state index < -0.39 is 20.7 Å². The topological polar surface area (TPSA) is 72.6 Å². The Morgan fingerprint density at radius 3 is 2.86 bits per heavy atom. The standard InChI is InChI=1S/C13H18ClFN2O3S/c1-20-11-3-2-4-17(8-11)21(18,19)12-6-10(14)5-9(7-16)13(12)15/h5-6,11H,2-4,7-8,16H2,1H3. The lowest BCUT2D eigenvalue weighted by atomic mass is 10.1. The summed E-state index contributed by atoms with van der Waals surface area (Å²) in [7, 11) is -2.42. The SMILES string of the molecule is COC1CCCN(S(=O)(=O)c2cc(Cl)cc(CN)c2F)C1. The Morgan fingerprint density at radius 1 is 1.52 bits per heavy atom. The summed E-state index contributed by atoms with van der Waals surface area (Å²) in [6.07, 6.45) is 1.28. The van der Waals surface area contributed by atoms with Gasteiger partial charge in [-0.1, -0.05) is 11.6 Å². The Balaban J connectivity index is 2.42. The van der Waals surface area contributed by atoms with Crippen LogP contribution in [0.3, 0.4) is 0 Å². The second kappa shape index (κ2) is 6.58. The summed E-state index contributed by atoms with van der Waals surface area (Å²) in [6, 6.07) is 2.46. The fourth-order valence-electron chi connectivity index (χ4n) is 2.41. The first-order valence-electron chi connectivity index (χ1n) is 6.61. The molecule has 0 radical (unpaired) electrons. The highest BCUT2D eigenvalue weighted by molar-refractivity contribution is 7.89. The largest absolute Gasteiger partial charge is 0.380 e. The van der Waals surface area contributed by atoms with E-state index in [-0.39, 0.29) is 29.8 Å². The van der Waals surface area contributed by atoms with Crippen molar-refractivity contribution in [1.82, 2.24) is 4.31 Å². The molecule has 1 aromatic carbocycles. The molecule has 0 amide bonds. The van der Waals surface area contributed by atoms with Gasteiger partial charge in [0.25, 0.3) is 0 Å². The molecule has 1 atom stereocenters. The molecule has 0 aliphatic carbocycles. The van der Waals surface area contributed by atoms with Crippen LogP contribution in [-0.2, 0) is 21.3 Å². The highest BCUT2D eigenvalue weighted by Crippen LogP contribution is 2.28. The average Bonchev–Trinajstić information content (AvgIpc) is 2.49. The fourth-order valence-corrected chi connectivity index (χ4v) is 4.36. The Hall–Kier alpha value is -0.730. The number of methoxy groups -OCH3 is 1. The second-order valence-electron chi connectivity index (χ2n) is 4.94. The zero-order valence-corrected chi connectivity index (χ0v) is 13.3. The van der Waals surface area contributed by atoms with Gasteiger partial charge in [-0.15, -0.1) is 0 Å². The molecule has 2 rings (SSSR count). The number of hydrogen-bond acceptors (Lipinski definition) is 4. The van der Waals surface area contributed by atoms with Gasteiger partial charge in [-0.05, 0) is 25.0 Å². The van der Waals surface area contributed by atoms with Gasteiger partial charge in [0.1, 0.15) is 10.7 Å². The van der Waals surface area contributed by atoms with Crippen molar-refractivity contribution in [3.05, 3.63) is 28.5 Å². The Bertz CT molecular complexity index is 624. The van der Waals surface area contributed by atoms with E-state index in [0.29, 0.717) is 13.0 Å². The molecular formula is C13H18ClFN2O3S. The molecule has 1 fully saturated rings. The summed E-state index contributed by atoms with van der Waals surface area (Å²) in [6.45, 7) is 0.435. The fraction of sp³-hybridized carbons (Fsp3) is 0.538. The van der Waals surface area contributed by atoms with E-state index in [2.05, 4.69) is 0 Å². The number of piperidine rings is 1. The van der Waals surface area contributed by atoms with Crippen molar-refractivity contribution in [3.8, 4) is 0 Å². The van der Waals surface area contributed by atoms with Crippen molar-refractivity contribution in [2.45, 2.75) is 30.4 Å². The van der Waals surface area contributed by atoms with Crippen LogP contribution in [0.1, 0.15) is 18.4 Å². The van der Waals surface area contributed by atoms with E-state index in [1.54, 1.807) is 0 Å². The van der Waals surface area contributed by atoms with E-state index in [9.17, 15) is 12.8 Å². The maximum absolute atomic E-state index is 14.3. The number of nitrogens with two attached hydrogens (primary N) is 1. The van der Waals surface area contributed by atoms with Crippen molar-refractivity contribution in [2.24, 2.45) is 5.73 Å². The summed E-state index contributed by atoms with van der Waals surface area (Å²) in [5, 5.41) is 0.149. The predicted octanol–water partition coefficient (Wildman–Crippen LogP) is 1.74. The van der Waals surface area contributed by atoms with Crippen molar-refractivity contribution < 1.29 is 17.5 Å². The minimum Gasteiger partial charge on any atom is -0.380 e. The van der Waals surface area contributed by atoms with Gasteiger partial charge >= 0.3 is 0 Å². The zero-order valence-electron chi connectivity index (χ0n) is 11.7. The lowest BCUT2D eigenvalue weighted by molar-refractivity contribution is 0.0571. The van der Waals surface area contributed by atoms with Gasteiger partial charge < -0.3 is 10.5 Å².